The number of rotatable bonds is 8. The van der Waals surface area contributed by atoms with Crippen molar-refractivity contribution in [3.63, 3.8) is 0 Å². The van der Waals surface area contributed by atoms with Gasteiger partial charge in [-0.05, 0) is 96.9 Å². The molecule has 4 rings (SSSR count). The van der Waals surface area contributed by atoms with E-state index in [9.17, 15) is 19.2 Å². The lowest BCUT2D eigenvalue weighted by Gasteiger charge is -2.11. The van der Waals surface area contributed by atoms with Crippen LogP contribution < -0.4 is 10.1 Å². The molecule has 0 aliphatic carbocycles. The molecule has 3 amide bonds. The molecule has 1 fully saturated rings. The Bertz CT molecular complexity index is 1400. The van der Waals surface area contributed by atoms with E-state index in [0.29, 0.717) is 27.6 Å². The van der Waals surface area contributed by atoms with Crippen LogP contribution in [-0.2, 0) is 9.59 Å². The Labute approximate surface area is 223 Å². The first kappa shape index (κ1) is 26.2. The molecule has 0 saturated carbocycles. The molecule has 0 aromatic heterocycles. The van der Waals surface area contributed by atoms with Crippen molar-refractivity contribution in [3.05, 3.63) is 98.9 Å². The van der Waals surface area contributed by atoms with Crippen LogP contribution in [0.5, 0.6) is 5.75 Å². The first-order valence-corrected chi connectivity index (χ1v) is 12.5. The smallest absolute Gasteiger partial charge is 0.293 e. The lowest BCUT2D eigenvalue weighted by Crippen LogP contribution is -2.33. The van der Waals surface area contributed by atoms with E-state index in [0.717, 1.165) is 27.8 Å². The summed E-state index contributed by atoms with van der Waals surface area (Å²) in [6.45, 7) is 3.47. The summed E-state index contributed by atoms with van der Waals surface area (Å²) < 4.78 is 5.55. The Kier molecular flexibility index (Phi) is 8.11. The highest BCUT2D eigenvalue weighted by atomic mass is 35.5. The van der Waals surface area contributed by atoms with Crippen LogP contribution >= 0.6 is 23.4 Å². The summed E-state index contributed by atoms with van der Waals surface area (Å²) in [5, 5.41) is 2.78. The van der Waals surface area contributed by atoms with Crippen LogP contribution in [0.2, 0.25) is 5.02 Å². The van der Waals surface area contributed by atoms with Crippen molar-refractivity contribution in [2.45, 2.75) is 13.8 Å². The molecule has 1 aliphatic heterocycles. The van der Waals surface area contributed by atoms with Gasteiger partial charge in [-0.1, -0.05) is 29.8 Å². The molecule has 1 N–H and O–H groups in total. The summed E-state index contributed by atoms with van der Waals surface area (Å²) in [4.78, 5) is 51.0. The number of hydrogen-bond donors (Lipinski definition) is 1. The second-order valence-electron chi connectivity index (χ2n) is 8.40. The highest BCUT2D eigenvalue weighted by molar-refractivity contribution is 8.18. The number of ketones is 1. The van der Waals surface area contributed by atoms with Gasteiger partial charge in [0.05, 0.1) is 11.4 Å². The van der Waals surface area contributed by atoms with Crippen molar-refractivity contribution < 1.29 is 23.9 Å². The number of thioether (sulfide) groups is 1. The number of aryl methyl sites for hydroxylation is 2. The third-order valence-electron chi connectivity index (χ3n) is 5.68. The summed E-state index contributed by atoms with van der Waals surface area (Å²) in [6, 6.07) is 18.7. The second kappa shape index (κ2) is 11.5. The minimum atomic E-state index is -0.527. The lowest BCUT2D eigenvalue weighted by molar-refractivity contribution is -0.122. The zero-order chi connectivity index (χ0) is 26.5. The van der Waals surface area contributed by atoms with Crippen molar-refractivity contribution in [3.8, 4) is 5.75 Å². The van der Waals surface area contributed by atoms with Gasteiger partial charge < -0.3 is 10.1 Å². The van der Waals surface area contributed by atoms with E-state index >= 15 is 0 Å². The van der Waals surface area contributed by atoms with Crippen molar-refractivity contribution in [2.75, 3.05) is 18.5 Å². The molecule has 7 nitrogen and oxygen atoms in total. The number of imide groups is 1. The fourth-order valence-electron chi connectivity index (χ4n) is 3.48. The van der Waals surface area contributed by atoms with Gasteiger partial charge in [0.15, 0.2) is 12.4 Å². The highest BCUT2D eigenvalue weighted by Crippen LogP contribution is 2.32. The van der Waals surface area contributed by atoms with Crippen LogP contribution in [0.15, 0.2) is 71.6 Å². The Hall–Kier alpha value is -3.88. The van der Waals surface area contributed by atoms with Crippen LogP contribution in [-0.4, -0.2) is 40.9 Å². The Morgan fingerprint density at radius 1 is 0.973 bits per heavy atom. The van der Waals surface area contributed by atoms with E-state index in [4.69, 9.17) is 16.3 Å². The van der Waals surface area contributed by atoms with Gasteiger partial charge in [-0.15, -0.1) is 0 Å². The average molecular weight is 535 g/mol. The van der Waals surface area contributed by atoms with Crippen molar-refractivity contribution in [1.29, 1.82) is 0 Å². The largest absolute Gasteiger partial charge is 0.484 e. The maximum absolute atomic E-state index is 12.7. The maximum Gasteiger partial charge on any atom is 0.293 e. The monoisotopic (exact) mass is 534 g/mol. The van der Waals surface area contributed by atoms with Crippen LogP contribution in [0.25, 0.3) is 6.08 Å². The molecule has 0 atom stereocenters. The molecule has 0 bridgehead atoms. The number of ether oxygens (including phenoxy) is 1. The van der Waals surface area contributed by atoms with Gasteiger partial charge in [0.2, 0.25) is 0 Å². The zero-order valence-electron chi connectivity index (χ0n) is 20.1. The summed E-state index contributed by atoms with van der Waals surface area (Å²) in [5.74, 6) is -0.688. The first-order chi connectivity index (χ1) is 17.7. The summed E-state index contributed by atoms with van der Waals surface area (Å²) in [6.07, 6.45) is 1.58. The van der Waals surface area contributed by atoms with Crippen LogP contribution in [0.3, 0.4) is 0 Å². The Morgan fingerprint density at radius 2 is 1.68 bits per heavy atom. The number of carbonyl (C=O) groups is 4. The molecule has 1 heterocycles. The van der Waals surface area contributed by atoms with E-state index < -0.39 is 11.1 Å². The third-order valence-corrected chi connectivity index (χ3v) is 6.84. The summed E-state index contributed by atoms with van der Waals surface area (Å²) in [7, 11) is 0. The molecular weight excluding hydrogens is 512 g/mol. The number of amides is 3. The van der Waals surface area contributed by atoms with Crippen LogP contribution in [0, 0.1) is 13.8 Å². The molecule has 37 heavy (non-hydrogen) atoms. The van der Waals surface area contributed by atoms with E-state index in [2.05, 4.69) is 5.32 Å². The molecular formula is C28H23ClN2O5S. The van der Waals surface area contributed by atoms with Crippen LogP contribution in [0.4, 0.5) is 10.5 Å². The van der Waals surface area contributed by atoms with Gasteiger partial charge in [0.25, 0.3) is 17.1 Å². The predicted octanol–water partition coefficient (Wildman–Crippen LogP) is 5.89. The number of hydrogen-bond acceptors (Lipinski definition) is 6. The lowest BCUT2D eigenvalue weighted by atomic mass is 10.1. The maximum atomic E-state index is 12.7. The fraction of sp³-hybridized carbons (Fsp3) is 0.143. The van der Waals surface area contributed by atoms with Crippen molar-refractivity contribution in [1.82, 2.24) is 4.90 Å². The van der Waals surface area contributed by atoms with Gasteiger partial charge >= 0.3 is 0 Å². The van der Waals surface area contributed by atoms with Gasteiger partial charge in [-0.3, -0.25) is 24.1 Å². The number of nitrogens with one attached hydrogen (secondary N) is 1. The molecule has 3 aromatic carbocycles. The SMILES string of the molecule is Cc1ccc(NC(=O)COc2ccc(/C=C3\SC(=O)N(CC(=O)c4ccc(Cl)cc4)C3=O)cc2)cc1C. The zero-order valence-corrected chi connectivity index (χ0v) is 21.7. The van der Waals surface area contributed by atoms with E-state index in [1.54, 1.807) is 54.6 Å². The number of anilines is 1. The van der Waals surface area contributed by atoms with Gasteiger partial charge in [0.1, 0.15) is 5.75 Å². The standard InChI is InChI=1S/C28H23ClN2O5S/c1-17-3-10-22(13-18(17)2)30-26(33)16-36-23-11-4-19(5-12-23)14-25-27(34)31(28(35)37-25)15-24(32)20-6-8-21(29)9-7-20/h3-14H,15-16H2,1-2H3,(H,30,33)/b25-14-. The first-order valence-electron chi connectivity index (χ1n) is 11.3. The quantitative estimate of drug-likeness (QED) is 0.286. The average Bonchev–Trinajstić information content (AvgIpc) is 3.13. The van der Waals surface area contributed by atoms with Crippen molar-refractivity contribution in [2.24, 2.45) is 0 Å². The van der Waals surface area contributed by atoms with Crippen LogP contribution in [0.1, 0.15) is 27.0 Å². The molecule has 3 aromatic rings. The fourth-order valence-corrected chi connectivity index (χ4v) is 4.45. The highest BCUT2D eigenvalue weighted by Gasteiger charge is 2.36. The Morgan fingerprint density at radius 3 is 2.35 bits per heavy atom. The minimum Gasteiger partial charge on any atom is -0.484 e. The number of halogens is 1. The molecule has 0 unspecified atom stereocenters. The van der Waals surface area contributed by atoms with Crippen molar-refractivity contribution >= 4 is 58.0 Å². The third kappa shape index (κ3) is 6.67. The molecule has 9 heteroatoms. The number of nitrogens with zero attached hydrogens (tertiary/aromatic N) is 1. The second-order valence-corrected chi connectivity index (χ2v) is 9.83. The normalized spacial score (nSPS) is 14.2. The Balaban J connectivity index is 1.33. The minimum absolute atomic E-state index is 0.160. The predicted molar refractivity (Wildman–Crippen MR) is 145 cm³/mol. The molecule has 1 aliphatic rings. The van der Waals surface area contributed by atoms with E-state index in [1.165, 1.54) is 0 Å². The molecule has 188 valence electrons. The van der Waals surface area contributed by atoms with Gasteiger partial charge in [0, 0.05) is 16.3 Å². The number of carbonyl (C=O) groups excluding carboxylic acids is 4. The topological polar surface area (TPSA) is 92.8 Å². The van der Waals surface area contributed by atoms with E-state index in [-0.39, 0.29) is 29.7 Å². The number of Topliss-reactive ketones (excluding diaryl/α,β-unsaturated/α-hetero) is 1. The summed E-state index contributed by atoms with van der Waals surface area (Å²) >= 11 is 6.62. The molecule has 0 spiro atoms. The van der Waals surface area contributed by atoms with Gasteiger partial charge in [-0.25, -0.2) is 0 Å². The van der Waals surface area contributed by atoms with Gasteiger partial charge in [-0.2, -0.15) is 0 Å². The molecule has 0 radical (unpaired) electrons. The van der Waals surface area contributed by atoms with E-state index in [1.807, 2.05) is 32.0 Å². The number of benzene rings is 3. The summed E-state index contributed by atoms with van der Waals surface area (Å²) in [5.41, 5.74) is 3.97. The molecule has 1 saturated heterocycles.